The van der Waals surface area contributed by atoms with Gasteiger partial charge in [-0.2, -0.15) is 5.10 Å². The molecular formula is C13H17N3O3. The number of likely N-dealkylation sites (tertiary alicyclic amines) is 1. The monoisotopic (exact) mass is 263 g/mol. The molecule has 2 atom stereocenters. The van der Waals surface area contributed by atoms with Crippen molar-refractivity contribution in [2.45, 2.75) is 25.7 Å². The zero-order chi connectivity index (χ0) is 13.6. The van der Waals surface area contributed by atoms with Crippen LogP contribution in [0.1, 0.15) is 41.9 Å². The number of carbonyl (C=O) groups excluding carboxylic acids is 1. The van der Waals surface area contributed by atoms with E-state index >= 15 is 0 Å². The van der Waals surface area contributed by atoms with E-state index in [2.05, 4.69) is 10.2 Å². The van der Waals surface area contributed by atoms with Gasteiger partial charge in [-0.15, -0.1) is 0 Å². The Morgan fingerprint density at radius 1 is 1.42 bits per heavy atom. The van der Waals surface area contributed by atoms with E-state index in [0.29, 0.717) is 18.2 Å². The van der Waals surface area contributed by atoms with E-state index in [1.54, 1.807) is 11.0 Å². The second-order valence-corrected chi connectivity index (χ2v) is 5.61. The van der Waals surface area contributed by atoms with Gasteiger partial charge in [0, 0.05) is 24.7 Å². The normalized spacial score (nSPS) is 26.7. The minimum atomic E-state index is -0.830. The lowest BCUT2D eigenvalue weighted by atomic mass is 9.99. The lowest BCUT2D eigenvalue weighted by molar-refractivity contribution is -0.142. The number of aliphatic carboxylic acids is 1. The lowest BCUT2D eigenvalue weighted by Crippen LogP contribution is -2.30. The summed E-state index contributed by atoms with van der Waals surface area (Å²) in [6, 6.07) is 1.80. The number of rotatable bonds is 3. The Balaban J connectivity index is 1.71. The van der Waals surface area contributed by atoms with Gasteiger partial charge >= 0.3 is 5.97 Å². The lowest BCUT2D eigenvalue weighted by Gasteiger charge is -2.13. The third kappa shape index (κ3) is 2.22. The number of carboxylic acids is 1. The number of aromatic nitrogens is 2. The first-order valence-electron chi connectivity index (χ1n) is 6.63. The number of hydrogen-bond donors (Lipinski definition) is 2. The van der Waals surface area contributed by atoms with E-state index in [9.17, 15) is 9.59 Å². The fourth-order valence-corrected chi connectivity index (χ4v) is 2.67. The molecule has 1 saturated carbocycles. The fraction of sp³-hybridized carbons (Fsp3) is 0.615. The molecule has 0 aromatic carbocycles. The summed E-state index contributed by atoms with van der Waals surface area (Å²) in [7, 11) is 0. The SMILES string of the molecule is C[C@@H]1CN(C(=O)c2cc(C3CC3)[nH]n2)C[C@H]1C(=O)O. The van der Waals surface area contributed by atoms with Gasteiger partial charge in [-0.3, -0.25) is 14.7 Å². The minimum absolute atomic E-state index is 0.0108. The molecule has 0 radical (unpaired) electrons. The third-order valence-corrected chi connectivity index (χ3v) is 4.05. The Hall–Kier alpha value is -1.85. The molecule has 2 fully saturated rings. The van der Waals surface area contributed by atoms with Crippen molar-refractivity contribution in [3.63, 3.8) is 0 Å². The van der Waals surface area contributed by atoms with Gasteiger partial charge in [0.15, 0.2) is 0 Å². The van der Waals surface area contributed by atoms with Crippen LogP contribution in [0.25, 0.3) is 0 Å². The van der Waals surface area contributed by atoms with E-state index in [0.717, 1.165) is 18.5 Å². The molecule has 6 nitrogen and oxygen atoms in total. The summed E-state index contributed by atoms with van der Waals surface area (Å²) in [5.41, 5.74) is 1.42. The van der Waals surface area contributed by atoms with E-state index in [4.69, 9.17) is 5.11 Å². The maximum Gasteiger partial charge on any atom is 0.308 e. The maximum atomic E-state index is 12.3. The van der Waals surface area contributed by atoms with Crippen molar-refractivity contribution in [3.05, 3.63) is 17.5 Å². The summed E-state index contributed by atoms with van der Waals surface area (Å²) in [5.74, 6) is -0.949. The van der Waals surface area contributed by atoms with Crippen molar-refractivity contribution in [3.8, 4) is 0 Å². The molecule has 19 heavy (non-hydrogen) atoms. The molecular weight excluding hydrogens is 246 g/mol. The Bertz CT molecular complexity index is 521. The Labute approximate surface area is 110 Å². The zero-order valence-electron chi connectivity index (χ0n) is 10.8. The predicted octanol–water partition coefficient (Wildman–Crippen LogP) is 1.08. The van der Waals surface area contributed by atoms with Crippen LogP contribution in [0.3, 0.4) is 0 Å². The van der Waals surface area contributed by atoms with Crippen LogP contribution in [0.5, 0.6) is 0 Å². The van der Waals surface area contributed by atoms with Crippen LogP contribution in [0.4, 0.5) is 0 Å². The highest BCUT2D eigenvalue weighted by Gasteiger charge is 2.38. The van der Waals surface area contributed by atoms with Gasteiger partial charge in [0.1, 0.15) is 5.69 Å². The number of nitrogens with zero attached hydrogens (tertiary/aromatic N) is 2. The number of nitrogens with one attached hydrogen (secondary N) is 1. The van der Waals surface area contributed by atoms with Crippen LogP contribution < -0.4 is 0 Å². The van der Waals surface area contributed by atoms with Crippen molar-refractivity contribution in [2.75, 3.05) is 13.1 Å². The average Bonchev–Trinajstić information content (AvgIpc) is 2.97. The highest BCUT2D eigenvalue weighted by Crippen LogP contribution is 2.39. The molecule has 6 heteroatoms. The van der Waals surface area contributed by atoms with Gasteiger partial charge in [-0.05, 0) is 24.8 Å². The van der Waals surface area contributed by atoms with Crippen molar-refractivity contribution >= 4 is 11.9 Å². The molecule has 0 spiro atoms. The van der Waals surface area contributed by atoms with Gasteiger partial charge in [-0.1, -0.05) is 6.92 Å². The Kier molecular flexibility index (Phi) is 2.80. The molecule has 2 aliphatic rings. The molecule has 2 heterocycles. The second-order valence-electron chi connectivity index (χ2n) is 5.61. The molecule has 1 amide bonds. The van der Waals surface area contributed by atoms with Crippen LogP contribution in [0.2, 0.25) is 0 Å². The number of aromatic amines is 1. The first kappa shape index (κ1) is 12.2. The average molecular weight is 263 g/mol. The van der Waals surface area contributed by atoms with Crippen LogP contribution in [0.15, 0.2) is 6.07 Å². The van der Waals surface area contributed by atoms with E-state index in [1.807, 2.05) is 6.92 Å². The quantitative estimate of drug-likeness (QED) is 0.854. The van der Waals surface area contributed by atoms with E-state index in [1.165, 1.54) is 0 Å². The molecule has 102 valence electrons. The highest BCUT2D eigenvalue weighted by molar-refractivity contribution is 5.93. The van der Waals surface area contributed by atoms with Crippen LogP contribution in [-0.2, 0) is 4.79 Å². The third-order valence-electron chi connectivity index (χ3n) is 4.05. The predicted molar refractivity (Wildman–Crippen MR) is 66.8 cm³/mol. The molecule has 2 N–H and O–H groups in total. The molecule has 0 bridgehead atoms. The largest absolute Gasteiger partial charge is 0.481 e. The van der Waals surface area contributed by atoms with E-state index in [-0.39, 0.29) is 18.4 Å². The summed E-state index contributed by atoms with van der Waals surface area (Å²) in [6.07, 6.45) is 2.30. The van der Waals surface area contributed by atoms with Crippen LogP contribution in [0, 0.1) is 11.8 Å². The fourth-order valence-electron chi connectivity index (χ4n) is 2.67. The Morgan fingerprint density at radius 3 is 2.74 bits per heavy atom. The molecule has 1 aromatic rings. The summed E-state index contributed by atoms with van der Waals surface area (Å²) in [4.78, 5) is 24.9. The van der Waals surface area contributed by atoms with E-state index < -0.39 is 11.9 Å². The van der Waals surface area contributed by atoms with Gasteiger partial charge in [0.05, 0.1) is 5.92 Å². The minimum Gasteiger partial charge on any atom is -0.481 e. The smallest absolute Gasteiger partial charge is 0.308 e. The summed E-state index contributed by atoms with van der Waals surface area (Å²) in [5, 5.41) is 16.0. The number of H-pyrrole nitrogens is 1. The van der Waals surface area contributed by atoms with Crippen molar-refractivity contribution < 1.29 is 14.7 Å². The maximum absolute atomic E-state index is 12.3. The number of carboxylic acid groups (broad SMARTS) is 1. The van der Waals surface area contributed by atoms with Crippen molar-refractivity contribution in [2.24, 2.45) is 11.8 Å². The molecule has 0 unspecified atom stereocenters. The van der Waals surface area contributed by atoms with Crippen molar-refractivity contribution in [1.82, 2.24) is 15.1 Å². The molecule has 1 aliphatic heterocycles. The standard InChI is InChI=1S/C13H17N3O3/c1-7-5-16(6-9(7)13(18)19)12(17)11-4-10(14-15-11)8-2-3-8/h4,7-9H,2-3,5-6H2,1H3,(H,14,15)(H,18,19)/t7-,9-/m1/s1. The van der Waals surface area contributed by atoms with Crippen LogP contribution >= 0.6 is 0 Å². The topological polar surface area (TPSA) is 86.3 Å². The summed E-state index contributed by atoms with van der Waals surface area (Å²) < 4.78 is 0. The highest BCUT2D eigenvalue weighted by atomic mass is 16.4. The molecule has 3 rings (SSSR count). The number of amides is 1. The van der Waals surface area contributed by atoms with Gasteiger partial charge < -0.3 is 10.0 Å². The molecule has 1 aromatic heterocycles. The Morgan fingerprint density at radius 2 is 2.16 bits per heavy atom. The first-order chi connectivity index (χ1) is 9.06. The van der Waals surface area contributed by atoms with Gasteiger partial charge in [-0.25, -0.2) is 0 Å². The summed E-state index contributed by atoms with van der Waals surface area (Å²) in [6.45, 7) is 2.63. The molecule has 1 aliphatic carbocycles. The van der Waals surface area contributed by atoms with Gasteiger partial charge in [0.25, 0.3) is 5.91 Å². The van der Waals surface area contributed by atoms with Crippen LogP contribution in [-0.4, -0.2) is 45.2 Å². The number of hydrogen-bond acceptors (Lipinski definition) is 3. The zero-order valence-corrected chi connectivity index (χ0v) is 10.8. The first-order valence-corrected chi connectivity index (χ1v) is 6.63. The molecule has 1 saturated heterocycles. The summed E-state index contributed by atoms with van der Waals surface area (Å²) >= 11 is 0. The van der Waals surface area contributed by atoms with Crippen molar-refractivity contribution in [1.29, 1.82) is 0 Å². The second kappa shape index (κ2) is 4.36. The van der Waals surface area contributed by atoms with Gasteiger partial charge in [0.2, 0.25) is 0 Å². The number of carbonyl (C=O) groups is 2.